The van der Waals surface area contributed by atoms with Crippen LogP contribution in [0.15, 0.2) is 36.7 Å². The summed E-state index contributed by atoms with van der Waals surface area (Å²) >= 11 is 0. The molecular formula is C19H19F3N2O3. The van der Waals surface area contributed by atoms with Gasteiger partial charge in [0.15, 0.2) is 11.6 Å². The van der Waals surface area contributed by atoms with Crippen LogP contribution in [0.4, 0.5) is 18.0 Å². The van der Waals surface area contributed by atoms with Crippen LogP contribution in [-0.2, 0) is 11.3 Å². The van der Waals surface area contributed by atoms with E-state index >= 15 is 0 Å². The molecule has 8 heteroatoms. The number of pyridine rings is 1. The Morgan fingerprint density at radius 2 is 2.04 bits per heavy atom. The molecule has 1 atom stereocenters. The number of halogens is 3. The monoisotopic (exact) mass is 380 g/mol. The molecule has 0 saturated carbocycles. The number of ether oxygens (including phenoxy) is 2. The molecule has 27 heavy (non-hydrogen) atoms. The average Bonchev–Trinajstić information content (AvgIpc) is 2.98. The van der Waals surface area contributed by atoms with Gasteiger partial charge in [0.2, 0.25) is 0 Å². The zero-order chi connectivity index (χ0) is 19.6. The number of hydrogen-bond acceptors (Lipinski definition) is 4. The number of benzene rings is 1. The molecular weight excluding hydrogens is 361 g/mol. The van der Waals surface area contributed by atoms with Crippen LogP contribution in [0.1, 0.15) is 19.4 Å². The Balaban J connectivity index is 1.85. The summed E-state index contributed by atoms with van der Waals surface area (Å²) in [5.41, 5.74) is 1.82. The van der Waals surface area contributed by atoms with Gasteiger partial charge in [-0.1, -0.05) is 19.9 Å². The maximum absolute atomic E-state index is 13.6. The number of alkyl halides is 2. The molecule has 2 aromatic rings. The van der Waals surface area contributed by atoms with Crippen LogP contribution in [0.25, 0.3) is 11.1 Å². The van der Waals surface area contributed by atoms with Gasteiger partial charge in [-0.15, -0.1) is 0 Å². The minimum atomic E-state index is -3.12. The normalized spacial score (nSPS) is 16.9. The molecule has 1 unspecified atom stereocenters. The number of nitrogens with zero attached hydrogens (tertiary/aromatic N) is 2. The zero-order valence-electron chi connectivity index (χ0n) is 14.9. The van der Waals surface area contributed by atoms with Gasteiger partial charge < -0.3 is 9.47 Å². The summed E-state index contributed by atoms with van der Waals surface area (Å²) in [6.07, 6.45) is 2.77. The minimum absolute atomic E-state index is 0.0296. The number of rotatable bonds is 6. The van der Waals surface area contributed by atoms with Crippen LogP contribution in [0, 0.1) is 11.7 Å². The van der Waals surface area contributed by atoms with E-state index in [1.54, 1.807) is 17.2 Å². The summed E-state index contributed by atoms with van der Waals surface area (Å²) in [5, 5.41) is 0. The number of carbonyl (C=O) groups excluding carboxylic acids is 1. The van der Waals surface area contributed by atoms with E-state index in [9.17, 15) is 18.0 Å². The van der Waals surface area contributed by atoms with Crippen molar-refractivity contribution in [3.05, 3.63) is 48.0 Å². The molecule has 0 radical (unpaired) electrons. The third kappa shape index (κ3) is 4.32. The van der Waals surface area contributed by atoms with Gasteiger partial charge in [0.1, 0.15) is 6.61 Å². The van der Waals surface area contributed by atoms with E-state index in [2.05, 4.69) is 9.72 Å². The highest BCUT2D eigenvalue weighted by Gasteiger charge is 2.34. The van der Waals surface area contributed by atoms with Gasteiger partial charge in [-0.3, -0.25) is 9.88 Å². The summed E-state index contributed by atoms with van der Waals surface area (Å²) in [6, 6.07) is 5.46. The first kappa shape index (κ1) is 19.0. The molecule has 3 rings (SSSR count). The lowest BCUT2D eigenvalue weighted by Crippen LogP contribution is -2.36. The summed E-state index contributed by atoms with van der Waals surface area (Å²) in [5.74, 6) is -1.17. The maximum atomic E-state index is 13.6. The largest absolute Gasteiger partial charge is 0.447 e. The van der Waals surface area contributed by atoms with Crippen molar-refractivity contribution in [2.45, 2.75) is 33.0 Å². The Kier molecular flexibility index (Phi) is 5.53. The van der Waals surface area contributed by atoms with Crippen molar-refractivity contribution in [2.24, 2.45) is 5.92 Å². The topological polar surface area (TPSA) is 51.7 Å². The Morgan fingerprint density at radius 3 is 2.74 bits per heavy atom. The lowest BCUT2D eigenvalue weighted by Gasteiger charge is -2.24. The lowest BCUT2D eigenvalue weighted by molar-refractivity contribution is -0.0521. The van der Waals surface area contributed by atoms with Crippen LogP contribution in [0.5, 0.6) is 5.75 Å². The van der Waals surface area contributed by atoms with Gasteiger partial charge in [0.25, 0.3) is 0 Å². The van der Waals surface area contributed by atoms with Gasteiger partial charge in [-0.25, -0.2) is 9.18 Å². The van der Waals surface area contributed by atoms with Gasteiger partial charge >= 0.3 is 12.7 Å². The minimum Gasteiger partial charge on any atom is -0.447 e. The molecule has 1 aliphatic rings. The third-order valence-corrected chi connectivity index (χ3v) is 4.41. The molecule has 1 saturated heterocycles. The number of hydrogen-bond donors (Lipinski definition) is 0. The first-order valence-corrected chi connectivity index (χ1v) is 8.47. The first-order chi connectivity index (χ1) is 12.8. The number of amides is 1. The molecule has 1 amide bonds. The molecule has 0 aliphatic carbocycles. The van der Waals surface area contributed by atoms with Crippen molar-refractivity contribution in [3.8, 4) is 16.9 Å². The second-order valence-electron chi connectivity index (χ2n) is 6.62. The molecule has 0 N–H and O–H groups in total. The van der Waals surface area contributed by atoms with Crippen molar-refractivity contribution in [1.29, 1.82) is 0 Å². The van der Waals surface area contributed by atoms with Gasteiger partial charge in [-0.05, 0) is 35.2 Å². The molecule has 2 heterocycles. The summed E-state index contributed by atoms with van der Waals surface area (Å²) in [6.45, 7) is 1.56. The number of aromatic nitrogens is 1. The highest BCUT2D eigenvalue weighted by Crippen LogP contribution is 2.29. The summed E-state index contributed by atoms with van der Waals surface area (Å²) < 4.78 is 47.8. The zero-order valence-corrected chi connectivity index (χ0v) is 14.9. The van der Waals surface area contributed by atoms with E-state index in [-0.39, 0.29) is 18.1 Å². The highest BCUT2D eigenvalue weighted by atomic mass is 19.3. The molecule has 5 nitrogen and oxygen atoms in total. The SMILES string of the molecule is CC(C)C1COC(=O)N1Cc1cncc(-c2ccc(F)c(OC(F)F)c2)c1. The highest BCUT2D eigenvalue weighted by molar-refractivity contribution is 5.70. The number of carbonyl (C=O) groups is 1. The fourth-order valence-electron chi connectivity index (χ4n) is 3.00. The molecule has 1 aliphatic heterocycles. The molecule has 144 valence electrons. The van der Waals surface area contributed by atoms with E-state index in [4.69, 9.17) is 4.74 Å². The Labute approximate surface area is 154 Å². The van der Waals surface area contributed by atoms with E-state index in [0.29, 0.717) is 24.3 Å². The Morgan fingerprint density at radius 1 is 1.26 bits per heavy atom. The summed E-state index contributed by atoms with van der Waals surface area (Å²) in [4.78, 5) is 17.8. The van der Waals surface area contributed by atoms with Crippen molar-refractivity contribution in [1.82, 2.24) is 9.88 Å². The standard InChI is InChI=1S/C19H19F3N2O3/c1-11(2)16-10-26-19(25)24(16)9-12-5-14(8-23-7-12)13-3-4-15(20)17(6-13)27-18(21)22/h3-8,11,16,18H,9-10H2,1-2H3. The third-order valence-electron chi connectivity index (χ3n) is 4.41. The predicted molar refractivity (Wildman–Crippen MR) is 91.8 cm³/mol. The average molecular weight is 380 g/mol. The molecule has 0 spiro atoms. The fourth-order valence-corrected chi connectivity index (χ4v) is 3.00. The van der Waals surface area contributed by atoms with E-state index < -0.39 is 18.2 Å². The van der Waals surface area contributed by atoms with Crippen molar-refractivity contribution in [2.75, 3.05) is 6.61 Å². The van der Waals surface area contributed by atoms with Crippen LogP contribution in [0.3, 0.4) is 0 Å². The fraction of sp³-hybridized carbons (Fsp3) is 0.368. The molecule has 0 bridgehead atoms. The smallest absolute Gasteiger partial charge is 0.410 e. The van der Waals surface area contributed by atoms with Crippen LogP contribution in [-0.4, -0.2) is 35.2 Å². The first-order valence-electron chi connectivity index (χ1n) is 8.47. The van der Waals surface area contributed by atoms with Gasteiger partial charge in [0, 0.05) is 18.0 Å². The molecule has 1 fully saturated rings. The van der Waals surface area contributed by atoms with Crippen molar-refractivity contribution < 1.29 is 27.4 Å². The molecule has 1 aromatic heterocycles. The van der Waals surface area contributed by atoms with Crippen molar-refractivity contribution >= 4 is 6.09 Å². The van der Waals surface area contributed by atoms with E-state index in [1.165, 1.54) is 18.3 Å². The van der Waals surface area contributed by atoms with Crippen molar-refractivity contribution in [3.63, 3.8) is 0 Å². The second kappa shape index (κ2) is 7.85. The number of cyclic esters (lactones) is 1. The second-order valence-corrected chi connectivity index (χ2v) is 6.62. The quantitative estimate of drug-likeness (QED) is 0.742. The van der Waals surface area contributed by atoms with E-state index in [1.807, 2.05) is 13.8 Å². The van der Waals surface area contributed by atoms with Gasteiger partial charge in [-0.2, -0.15) is 8.78 Å². The van der Waals surface area contributed by atoms with Crippen LogP contribution in [0.2, 0.25) is 0 Å². The Hall–Kier alpha value is -2.77. The van der Waals surface area contributed by atoms with Gasteiger partial charge in [0.05, 0.1) is 12.6 Å². The van der Waals surface area contributed by atoms with Crippen LogP contribution >= 0.6 is 0 Å². The van der Waals surface area contributed by atoms with E-state index in [0.717, 1.165) is 11.6 Å². The van der Waals surface area contributed by atoms with Crippen LogP contribution < -0.4 is 4.74 Å². The predicted octanol–water partition coefficient (Wildman–Crippen LogP) is 4.47. The Bertz CT molecular complexity index is 830. The maximum Gasteiger partial charge on any atom is 0.410 e. The molecule has 1 aromatic carbocycles. The lowest BCUT2D eigenvalue weighted by atomic mass is 10.0. The summed E-state index contributed by atoms with van der Waals surface area (Å²) in [7, 11) is 0.